The highest BCUT2D eigenvalue weighted by molar-refractivity contribution is 6.35. The zero-order valence-electron chi connectivity index (χ0n) is 11.9. The van der Waals surface area contributed by atoms with Crippen molar-refractivity contribution in [2.24, 2.45) is 5.92 Å². The van der Waals surface area contributed by atoms with E-state index in [0.29, 0.717) is 23.2 Å². The van der Waals surface area contributed by atoms with Gasteiger partial charge in [-0.1, -0.05) is 36.2 Å². The molecule has 2 unspecified atom stereocenters. The summed E-state index contributed by atoms with van der Waals surface area (Å²) >= 11 is 12.1. The number of benzene rings is 1. The topological polar surface area (TPSA) is 49.8 Å². The van der Waals surface area contributed by atoms with Crippen LogP contribution in [-0.2, 0) is 16.1 Å². The molecule has 0 bridgehead atoms. The van der Waals surface area contributed by atoms with Crippen molar-refractivity contribution in [2.75, 3.05) is 19.8 Å². The van der Waals surface area contributed by atoms with Gasteiger partial charge in [-0.15, -0.1) is 0 Å². The SMILES string of the molecule is CCCN(Cc1ccc(Cl)cc1Cl)C1COCC1C(=O)O. The summed E-state index contributed by atoms with van der Waals surface area (Å²) in [5.74, 6) is -1.29. The van der Waals surface area contributed by atoms with Crippen LogP contribution in [0.5, 0.6) is 0 Å². The smallest absolute Gasteiger partial charge is 0.310 e. The lowest BCUT2D eigenvalue weighted by Crippen LogP contribution is -2.43. The Morgan fingerprint density at radius 3 is 2.81 bits per heavy atom. The molecular weight excluding hydrogens is 313 g/mol. The summed E-state index contributed by atoms with van der Waals surface area (Å²) in [6.45, 7) is 4.19. The molecule has 1 aromatic rings. The summed E-state index contributed by atoms with van der Waals surface area (Å²) < 4.78 is 5.37. The minimum absolute atomic E-state index is 0.116. The second-order valence-corrected chi connectivity index (χ2v) is 6.10. The van der Waals surface area contributed by atoms with Crippen LogP contribution in [0.3, 0.4) is 0 Å². The van der Waals surface area contributed by atoms with Crippen LogP contribution >= 0.6 is 23.2 Å². The van der Waals surface area contributed by atoms with Gasteiger partial charge in [0.15, 0.2) is 0 Å². The Morgan fingerprint density at radius 2 is 2.19 bits per heavy atom. The third-order valence-corrected chi connectivity index (χ3v) is 4.32. The van der Waals surface area contributed by atoms with E-state index in [0.717, 1.165) is 18.5 Å². The van der Waals surface area contributed by atoms with Gasteiger partial charge in [-0.2, -0.15) is 0 Å². The molecule has 21 heavy (non-hydrogen) atoms. The Hall–Kier alpha value is -0.810. The predicted molar refractivity (Wildman–Crippen MR) is 82.9 cm³/mol. The Balaban J connectivity index is 2.16. The van der Waals surface area contributed by atoms with Crippen molar-refractivity contribution >= 4 is 29.2 Å². The van der Waals surface area contributed by atoms with Crippen LogP contribution in [0.4, 0.5) is 0 Å². The standard InChI is InChI=1S/C15H19Cl2NO3/c1-2-5-18(14-9-21-8-12(14)15(19)20)7-10-3-4-11(16)6-13(10)17/h3-4,6,12,14H,2,5,7-9H2,1H3,(H,19,20). The average Bonchev–Trinajstić information content (AvgIpc) is 2.90. The van der Waals surface area contributed by atoms with E-state index < -0.39 is 11.9 Å². The first kappa shape index (κ1) is 16.6. The summed E-state index contributed by atoms with van der Waals surface area (Å²) in [5, 5.41) is 10.5. The highest BCUT2D eigenvalue weighted by atomic mass is 35.5. The Kier molecular flexibility index (Phi) is 5.88. The van der Waals surface area contributed by atoms with Crippen LogP contribution < -0.4 is 0 Å². The molecule has 0 amide bonds. The largest absolute Gasteiger partial charge is 0.481 e. The fraction of sp³-hybridized carbons (Fsp3) is 0.533. The van der Waals surface area contributed by atoms with Crippen molar-refractivity contribution in [1.82, 2.24) is 4.90 Å². The number of rotatable bonds is 6. The third-order valence-electron chi connectivity index (χ3n) is 3.74. The van der Waals surface area contributed by atoms with Crippen molar-refractivity contribution in [3.8, 4) is 0 Å². The van der Waals surface area contributed by atoms with Gasteiger partial charge < -0.3 is 9.84 Å². The number of nitrogens with zero attached hydrogens (tertiary/aromatic N) is 1. The lowest BCUT2D eigenvalue weighted by atomic mass is 10.0. The number of carboxylic acid groups (broad SMARTS) is 1. The Bertz CT molecular complexity index is 510. The molecule has 0 aromatic heterocycles. The van der Waals surface area contributed by atoms with E-state index in [-0.39, 0.29) is 12.6 Å². The summed E-state index contributed by atoms with van der Waals surface area (Å²) in [5.41, 5.74) is 0.950. The summed E-state index contributed by atoms with van der Waals surface area (Å²) in [6, 6.07) is 5.28. The summed E-state index contributed by atoms with van der Waals surface area (Å²) in [4.78, 5) is 13.5. The van der Waals surface area contributed by atoms with Crippen LogP contribution in [0.1, 0.15) is 18.9 Å². The van der Waals surface area contributed by atoms with Gasteiger partial charge >= 0.3 is 5.97 Å². The molecule has 4 nitrogen and oxygen atoms in total. The zero-order valence-corrected chi connectivity index (χ0v) is 13.4. The molecule has 0 radical (unpaired) electrons. The van der Waals surface area contributed by atoms with Gasteiger partial charge in [-0.25, -0.2) is 0 Å². The maximum absolute atomic E-state index is 11.3. The lowest BCUT2D eigenvalue weighted by Gasteiger charge is -2.30. The number of carbonyl (C=O) groups is 1. The molecule has 1 heterocycles. The highest BCUT2D eigenvalue weighted by Gasteiger charge is 2.37. The van der Waals surface area contributed by atoms with Crippen molar-refractivity contribution < 1.29 is 14.6 Å². The first-order valence-electron chi connectivity index (χ1n) is 7.01. The molecule has 1 aliphatic heterocycles. The molecule has 1 N–H and O–H groups in total. The molecule has 0 spiro atoms. The van der Waals surface area contributed by atoms with E-state index >= 15 is 0 Å². The van der Waals surface area contributed by atoms with E-state index in [1.165, 1.54) is 0 Å². The van der Waals surface area contributed by atoms with Crippen molar-refractivity contribution in [3.05, 3.63) is 33.8 Å². The quantitative estimate of drug-likeness (QED) is 0.868. The van der Waals surface area contributed by atoms with Crippen molar-refractivity contribution in [2.45, 2.75) is 25.9 Å². The van der Waals surface area contributed by atoms with Crippen molar-refractivity contribution in [3.63, 3.8) is 0 Å². The highest BCUT2D eigenvalue weighted by Crippen LogP contribution is 2.26. The minimum Gasteiger partial charge on any atom is -0.481 e. The molecule has 1 fully saturated rings. The number of ether oxygens (including phenoxy) is 1. The summed E-state index contributed by atoms with van der Waals surface area (Å²) in [7, 11) is 0. The van der Waals surface area contributed by atoms with Crippen LogP contribution in [0.2, 0.25) is 10.0 Å². The molecule has 6 heteroatoms. The zero-order chi connectivity index (χ0) is 15.4. The molecular formula is C15H19Cl2NO3. The number of aliphatic carboxylic acids is 1. The van der Waals surface area contributed by atoms with E-state index in [4.69, 9.17) is 27.9 Å². The van der Waals surface area contributed by atoms with Gasteiger partial charge in [0.1, 0.15) is 0 Å². The number of hydrogen-bond acceptors (Lipinski definition) is 3. The maximum Gasteiger partial charge on any atom is 0.310 e. The van der Waals surface area contributed by atoms with E-state index in [9.17, 15) is 9.90 Å². The molecule has 1 aliphatic rings. The molecule has 2 rings (SSSR count). The maximum atomic E-state index is 11.3. The molecule has 2 atom stereocenters. The first-order valence-corrected chi connectivity index (χ1v) is 7.77. The van der Waals surface area contributed by atoms with Gasteiger partial charge in [0, 0.05) is 22.6 Å². The number of hydrogen-bond donors (Lipinski definition) is 1. The number of carboxylic acids is 1. The summed E-state index contributed by atoms with van der Waals surface area (Å²) in [6.07, 6.45) is 0.939. The molecule has 1 aromatic carbocycles. The van der Waals surface area contributed by atoms with Gasteiger partial charge in [0.25, 0.3) is 0 Å². The van der Waals surface area contributed by atoms with Gasteiger partial charge in [-0.3, -0.25) is 9.69 Å². The van der Waals surface area contributed by atoms with E-state index in [2.05, 4.69) is 11.8 Å². The molecule has 0 saturated carbocycles. The van der Waals surface area contributed by atoms with Gasteiger partial charge in [0.2, 0.25) is 0 Å². The Labute approximate surface area is 134 Å². The van der Waals surface area contributed by atoms with Gasteiger partial charge in [-0.05, 0) is 30.7 Å². The Morgan fingerprint density at radius 1 is 1.43 bits per heavy atom. The molecule has 116 valence electrons. The first-order chi connectivity index (χ1) is 10.0. The predicted octanol–water partition coefficient (Wildman–Crippen LogP) is 3.31. The third kappa shape index (κ3) is 4.10. The van der Waals surface area contributed by atoms with E-state index in [1.807, 2.05) is 6.07 Å². The van der Waals surface area contributed by atoms with Crippen LogP contribution in [0, 0.1) is 5.92 Å². The fourth-order valence-electron chi connectivity index (χ4n) is 2.66. The second-order valence-electron chi connectivity index (χ2n) is 5.26. The fourth-order valence-corrected chi connectivity index (χ4v) is 3.13. The minimum atomic E-state index is -0.805. The van der Waals surface area contributed by atoms with E-state index in [1.54, 1.807) is 12.1 Å². The second kappa shape index (κ2) is 7.45. The molecule has 1 saturated heterocycles. The van der Waals surface area contributed by atoms with Crippen LogP contribution in [0.25, 0.3) is 0 Å². The van der Waals surface area contributed by atoms with Crippen LogP contribution in [0.15, 0.2) is 18.2 Å². The normalized spacial score (nSPS) is 21.9. The van der Waals surface area contributed by atoms with Gasteiger partial charge in [0.05, 0.1) is 19.1 Å². The van der Waals surface area contributed by atoms with Crippen molar-refractivity contribution in [1.29, 1.82) is 0 Å². The monoisotopic (exact) mass is 331 g/mol. The molecule has 0 aliphatic carbocycles. The lowest BCUT2D eigenvalue weighted by molar-refractivity contribution is -0.143. The average molecular weight is 332 g/mol. The number of halogens is 2. The van der Waals surface area contributed by atoms with Crippen LogP contribution in [-0.4, -0.2) is 41.8 Å².